The van der Waals surface area contributed by atoms with E-state index < -0.39 is 0 Å². The first kappa shape index (κ1) is 42.2. The zero-order valence-corrected chi connectivity index (χ0v) is 31.0. The number of hydrogen-bond donors (Lipinski definition) is 4. The summed E-state index contributed by atoms with van der Waals surface area (Å²) in [4.78, 5) is 27.7. The van der Waals surface area contributed by atoms with Gasteiger partial charge < -0.3 is 43.1 Å². The van der Waals surface area contributed by atoms with Gasteiger partial charge in [-0.15, -0.1) is 0 Å². The number of amides is 2. The molecular formula is C36H61ClN4O4. The number of quaternary nitrogens is 1. The summed E-state index contributed by atoms with van der Waals surface area (Å²) in [5.41, 5.74) is 3.35. The maximum Gasteiger partial charge on any atom is 0.280 e. The number of rotatable bonds is 10. The molecule has 0 saturated carbocycles. The molecule has 0 saturated heterocycles. The fraction of sp³-hybridized carbons (Fsp3) is 0.611. The van der Waals surface area contributed by atoms with E-state index in [1.165, 1.54) is 0 Å². The number of nitrogens with two attached hydrogens (primary N) is 1. The van der Waals surface area contributed by atoms with Crippen molar-refractivity contribution >= 4 is 11.8 Å². The molecule has 0 bridgehead atoms. The Labute approximate surface area is 279 Å². The number of para-hydroxylation sites is 2. The maximum absolute atomic E-state index is 12.2. The van der Waals surface area contributed by atoms with Gasteiger partial charge in [-0.3, -0.25) is 9.59 Å². The fourth-order valence-electron chi connectivity index (χ4n) is 5.02. The summed E-state index contributed by atoms with van der Waals surface area (Å²) in [6, 6.07) is 11.3. The van der Waals surface area contributed by atoms with Gasteiger partial charge in [-0.2, -0.15) is 0 Å². The molecule has 0 aliphatic heterocycles. The van der Waals surface area contributed by atoms with Crippen LogP contribution in [0.25, 0.3) is 0 Å². The molecule has 45 heavy (non-hydrogen) atoms. The van der Waals surface area contributed by atoms with Crippen LogP contribution in [0.3, 0.4) is 0 Å². The number of carbonyl (C=O) groups excluding carboxylic acids is 2. The number of hydrogen-bond acceptors (Lipinski definition) is 5. The minimum absolute atomic E-state index is 0. The van der Waals surface area contributed by atoms with Crippen LogP contribution < -0.4 is 23.0 Å². The van der Waals surface area contributed by atoms with Gasteiger partial charge in [-0.25, -0.2) is 0 Å². The third kappa shape index (κ3) is 12.5. The van der Waals surface area contributed by atoms with Crippen LogP contribution in [0.1, 0.15) is 91.5 Å². The van der Waals surface area contributed by atoms with Gasteiger partial charge in [0, 0.05) is 51.8 Å². The lowest BCUT2D eigenvalue weighted by Gasteiger charge is -2.26. The Balaban J connectivity index is 0.000000842. The molecule has 0 aliphatic carbocycles. The second-order valence-electron chi connectivity index (χ2n) is 14.9. The lowest BCUT2D eigenvalue weighted by Crippen LogP contribution is -3.00. The molecule has 0 spiro atoms. The normalized spacial score (nSPS) is 13.0. The van der Waals surface area contributed by atoms with Crippen molar-refractivity contribution in [3.05, 3.63) is 58.7 Å². The summed E-state index contributed by atoms with van der Waals surface area (Å²) in [5, 5.41) is 26.3. The highest BCUT2D eigenvalue weighted by atomic mass is 35.5. The van der Waals surface area contributed by atoms with Crippen molar-refractivity contribution in [2.75, 3.05) is 28.2 Å². The van der Waals surface area contributed by atoms with Crippen LogP contribution in [0.4, 0.5) is 0 Å². The second-order valence-corrected chi connectivity index (χ2v) is 14.9. The van der Waals surface area contributed by atoms with E-state index >= 15 is 0 Å². The van der Waals surface area contributed by atoms with E-state index in [1.54, 1.807) is 38.0 Å². The number of phenols is 2. The monoisotopic (exact) mass is 648 g/mol. The molecule has 2 aromatic carbocycles. The molecule has 5 N–H and O–H groups in total. The molecule has 0 fully saturated rings. The van der Waals surface area contributed by atoms with Gasteiger partial charge in [0.25, 0.3) is 5.91 Å². The van der Waals surface area contributed by atoms with Gasteiger partial charge >= 0.3 is 0 Å². The van der Waals surface area contributed by atoms with Crippen molar-refractivity contribution in [3.8, 4) is 11.5 Å². The van der Waals surface area contributed by atoms with Crippen molar-refractivity contribution in [1.82, 2.24) is 15.1 Å². The number of aromatic hydroxyl groups is 2. The van der Waals surface area contributed by atoms with Crippen molar-refractivity contribution in [1.29, 1.82) is 0 Å². The van der Waals surface area contributed by atoms with Crippen molar-refractivity contribution in [3.63, 3.8) is 0 Å². The molecule has 0 aromatic heterocycles. The lowest BCUT2D eigenvalue weighted by molar-refractivity contribution is -0.698. The number of carbonyl (C=O) groups is 2. The number of nitrogens with zero attached hydrogens (tertiary/aromatic N) is 2. The molecule has 2 amide bonds. The van der Waals surface area contributed by atoms with Crippen LogP contribution in [0.2, 0.25) is 0 Å². The molecule has 9 heteroatoms. The predicted octanol–water partition coefficient (Wildman–Crippen LogP) is 1.76. The minimum atomic E-state index is -0.257. The Hall–Kier alpha value is -2.81. The predicted molar refractivity (Wildman–Crippen MR) is 181 cm³/mol. The quantitative estimate of drug-likeness (QED) is 0.314. The van der Waals surface area contributed by atoms with Crippen LogP contribution in [-0.2, 0) is 33.5 Å². The average Bonchev–Trinajstić information content (AvgIpc) is 2.88. The van der Waals surface area contributed by atoms with Crippen molar-refractivity contribution in [2.24, 2.45) is 11.8 Å². The molecule has 0 heterocycles. The summed E-state index contributed by atoms with van der Waals surface area (Å²) in [7, 11) is 7.08. The minimum Gasteiger partial charge on any atom is -1.00 e. The van der Waals surface area contributed by atoms with Crippen LogP contribution in [0.15, 0.2) is 36.4 Å². The van der Waals surface area contributed by atoms with Gasteiger partial charge in [0.2, 0.25) is 5.91 Å². The first-order chi connectivity index (χ1) is 20.1. The number of halogens is 1. The molecular weight excluding hydrogens is 588 g/mol. The highest BCUT2D eigenvalue weighted by molar-refractivity contribution is 5.81. The second kappa shape index (κ2) is 17.8. The van der Waals surface area contributed by atoms with Crippen LogP contribution >= 0.6 is 0 Å². The van der Waals surface area contributed by atoms with Gasteiger partial charge in [0.05, 0.1) is 6.04 Å². The Morgan fingerprint density at radius 2 is 1.16 bits per heavy atom. The molecule has 0 aliphatic rings. The Morgan fingerprint density at radius 3 is 1.53 bits per heavy atom. The van der Waals surface area contributed by atoms with E-state index in [4.69, 9.17) is 0 Å². The number of phenolic OH excluding ortho intramolecular Hbond substituents is 2. The Kier molecular flexibility index (Phi) is 16.7. The standard InChI is InChI=1S/2C18H30N2O2.ClH/c2*1-12(2)15(17(22)20(6)7)19-11-13-9-8-10-14(16(13)21)18(3,4)5;/h2*8-10,12,15,19,21H,11H2,1-7H3;1H/t2*15-;/m00./s1. The van der Waals surface area contributed by atoms with Crippen LogP contribution in [-0.4, -0.2) is 72.1 Å². The van der Waals surface area contributed by atoms with E-state index in [2.05, 4.69) is 46.9 Å². The van der Waals surface area contributed by atoms with Gasteiger partial charge in [0.1, 0.15) is 18.0 Å². The molecule has 0 radical (unpaired) electrons. The zero-order valence-electron chi connectivity index (χ0n) is 30.2. The van der Waals surface area contributed by atoms with E-state index in [0.29, 0.717) is 24.6 Å². The highest BCUT2D eigenvalue weighted by Crippen LogP contribution is 2.34. The molecule has 2 aromatic rings. The number of likely N-dealkylation sites (N-methyl/N-ethyl adjacent to an activating group) is 2. The van der Waals surface area contributed by atoms with Crippen molar-refractivity contribution in [2.45, 2.75) is 105 Å². The van der Waals surface area contributed by atoms with Crippen LogP contribution in [0, 0.1) is 11.8 Å². The zero-order chi connectivity index (χ0) is 34.2. The fourth-order valence-corrected chi connectivity index (χ4v) is 5.02. The molecule has 2 rings (SSSR count). The Bertz CT molecular complexity index is 1140. The first-order valence-corrected chi connectivity index (χ1v) is 15.7. The topological polar surface area (TPSA) is 110 Å². The van der Waals surface area contributed by atoms with Crippen molar-refractivity contribution < 1.29 is 37.5 Å². The average molecular weight is 649 g/mol. The summed E-state index contributed by atoms with van der Waals surface area (Å²) >= 11 is 0. The largest absolute Gasteiger partial charge is 1.00 e. The van der Waals surface area contributed by atoms with E-state index in [-0.39, 0.29) is 59.0 Å². The number of benzene rings is 2. The summed E-state index contributed by atoms with van der Waals surface area (Å²) in [6.07, 6.45) is 0. The molecule has 0 unspecified atom stereocenters. The molecule has 256 valence electrons. The number of nitrogens with one attached hydrogen (secondary N) is 1. The third-order valence-electron chi connectivity index (χ3n) is 7.78. The Morgan fingerprint density at radius 1 is 0.733 bits per heavy atom. The van der Waals surface area contributed by atoms with Gasteiger partial charge in [-0.1, -0.05) is 99.6 Å². The van der Waals surface area contributed by atoms with Crippen LogP contribution in [0.5, 0.6) is 11.5 Å². The SMILES string of the molecule is CC(C)[C@H](NCc1cccc(C(C)(C)C)c1O)C(=O)N(C)C.CC(C)[C@H]([NH2+]Cc1cccc(C(C)(C)C)c1O)C(=O)N(C)C.[Cl-]. The first-order valence-electron chi connectivity index (χ1n) is 15.7. The van der Waals surface area contributed by atoms with Gasteiger partial charge in [0.15, 0.2) is 6.04 Å². The van der Waals surface area contributed by atoms with E-state index in [1.807, 2.05) is 69.4 Å². The van der Waals surface area contributed by atoms with E-state index in [9.17, 15) is 19.8 Å². The lowest BCUT2D eigenvalue weighted by atomic mass is 9.85. The summed E-state index contributed by atoms with van der Waals surface area (Å²) < 4.78 is 0. The smallest absolute Gasteiger partial charge is 0.280 e. The summed E-state index contributed by atoms with van der Waals surface area (Å²) in [6.45, 7) is 21.7. The molecule has 8 nitrogen and oxygen atoms in total. The van der Waals surface area contributed by atoms with E-state index in [0.717, 1.165) is 22.3 Å². The van der Waals surface area contributed by atoms with Gasteiger partial charge in [-0.05, 0) is 33.9 Å². The maximum atomic E-state index is 12.2. The highest BCUT2D eigenvalue weighted by Gasteiger charge is 2.28. The summed E-state index contributed by atoms with van der Waals surface area (Å²) in [5.74, 6) is 1.27. The molecule has 2 atom stereocenters. The third-order valence-corrected chi connectivity index (χ3v) is 7.78.